The standard InChI is InChI=1S/C20H16Cl2O2S/c1-15(23)24-25(18-5-3-2-4-6-18,19-11-7-16(21)8-12-19)20-13-9-17(22)10-14-20/h2-14H,1H3. The predicted octanol–water partition coefficient (Wildman–Crippen LogP) is 6.75. The van der Waals surface area contributed by atoms with E-state index in [1.54, 1.807) is 24.3 Å². The summed E-state index contributed by atoms with van der Waals surface area (Å²) in [5.74, 6) is -0.344. The average molecular weight is 391 g/mol. The highest BCUT2D eigenvalue weighted by Crippen LogP contribution is 2.69. The Kier molecular flexibility index (Phi) is 5.38. The summed E-state index contributed by atoms with van der Waals surface area (Å²) in [6.07, 6.45) is 0. The van der Waals surface area contributed by atoms with E-state index < -0.39 is 10.3 Å². The number of rotatable bonds is 4. The molecule has 2 nitrogen and oxygen atoms in total. The van der Waals surface area contributed by atoms with Crippen LogP contribution in [0.15, 0.2) is 93.5 Å². The molecule has 0 fully saturated rings. The van der Waals surface area contributed by atoms with Gasteiger partial charge in [0, 0.05) is 31.7 Å². The summed E-state index contributed by atoms with van der Waals surface area (Å²) in [5.41, 5.74) is 0. The average Bonchev–Trinajstić information content (AvgIpc) is 2.62. The van der Waals surface area contributed by atoms with Gasteiger partial charge in [-0.25, -0.2) is 0 Å². The van der Waals surface area contributed by atoms with Crippen LogP contribution in [0.1, 0.15) is 6.92 Å². The highest BCUT2D eigenvalue weighted by atomic mass is 35.5. The van der Waals surface area contributed by atoms with Crippen molar-refractivity contribution in [3.8, 4) is 0 Å². The molecule has 0 atom stereocenters. The van der Waals surface area contributed by atoms with Crippen LogP contribution in [0.2, 0.25) is 10.0 Å². The van der Waals surface area contributed by atoms with E-state index in [9.17, 15) is 4.79 Å². The van der Waals surface area contributed by atoms with Crippen molar-refractivity contribution in [1.82, 2.24) is 0 Å². The summed E-state index contributed by atoms with van der Waals surface area (Å²) >= 11 is 12.1. The molecule has 25 heavy (non-hydrogen) atoms. The molecule has 0 aliphatic heterocycles. The fourth-order valence-electron chi connectivity index (χ4n) is 2.59. The number of hydrogen-bond acceptors (Lipinski definition) is 2. The van der Waals surface area contributed by atoms with Gasteiger partial charge in [0.15, 0.2) is 0 Å². The molecule has 5 heteroatoms. The molecule has 3 aromatic carbocycles. The fourth-order valence-corrected chi connectivity index (χ4v) is 5.88. The van der Waals surface area contributed by atoms with Crippen molar-refractivity contribution in [1.29, 1.82) is 0 Å². The van der Waals surface area contributed by atoms with E-state index in [4.69, 9.17) is 27.4 Å². The first-order chi connectivity index (χ1) is 12.0. The van der Waals surface area contributed by atoms with Crippen LogP contribution in [0.5, 0.6) is 0 Å². The third-order valence-corrected chi connectivity index (χ3v) is 7.41. The molecule has 0 amide bonds. The van der Waals surface area contributed by atoms with Crippen LogP contribution in [0.4, 0.5) is 0 Å². The smallest absolute Gasteiger partial charge is 0.313 e. The van der Waals surface area contributed by atoms with E-state index >= 15 is 0 Å². The first-order valence-corrected chi connectivity index (χ1v) is 9.93. The predicted molar refractivity (Wildman–Crippen MR) is 104 cm³/mol. The quantitative estimate of drug-likeness (QED) is 0.492. The normalized spacial score (nSPS) is 11.8. The Labute approximate surface area is 158 Å². The molecule has 0 unspecified atom stereocenters. The number of benzene rings is 3. The molecular weight excluding hydrogens is 375 g/mol. The number of halogens is 2. The van der Waals surface area contributed by atoms with Gasteiger partial charge in [-0.15, -0.1) is 0 Å². The van der Waals surface area contributed by atoms with E-state index in [1.807, 2.05) is 54.6 Å². The second kappa shape index (κ2) is 7.52. The molecule has 0 spiro atoms. The Morgan fingerprint density at radius 3 is 1.52 bits per heavy atom. The van der Waals surface area contributed by atoms with E-state index in [-0.39, 0.29) is 5.97 Å². The summed E-state index contributed by atoms with van der Waals surface area (Å²) < 4.78 is 6.03. The molecule has 0 saturated carbocycles. The first kappa shape index (κ1) is 17.9. The fraction of sp³-hybridized carbons (Fsp3) is 0.0500. The molecule has 0 aromatic heterocycles. The lowest BCUT2D eigenvalue weighted by Crippen LogP contribution is -2.11. The van der Waals surface area contributed by atoms with Gasteiger partial charge in [-0.1, -0.05) is 41.4 Å². The zero-order valence-corrected chi connectivity index (χ0v) is 15.8. The van der Waals surface area contributed by atoms with Gasteiger partial charge in [0.25, 0.3) is 0 Å². The minimum atomic E-state index is -2.23. The van der Waals surface area contributed by atoms with Crippen molar-refractivity contribution in [2.75, 3.05) is 0 Å². The van der Waals surface area contributed by atoms with Gasteiger partial charge in [0.05, 0.1) is 0 Å². The van der Waals surface area contributed by atoms with Crippen LogP contribution in [0.25, 0.3) is 0 Å². The minimum Gasteiger partial charge on any atom is -0.402 e. The van der Waals surface area contributed by atoms with Gasteiger partial charge in [-0.2, -0.15) is 0 Å². The Bertz CT molecular complexity index is 817. The van der Waals surface area contributed by atoms with Crippen LogP contribution < -0.4 is 0 Å². The van der Waals surface area contributed by atoms with Gasteiger partial charge in [0.2, 0.25) is 0 Å². The summed E-state index contributed by atoms with van der Waals surface area (Å²) in [6.45, 7) is 1.43. The first-order valence-electron chi connectivity index (χ1n) is 7.62. The van der Waals surface area contributed by atoms with E-state index in [0.717, 1.165) is 14.7 Å². The Hall–Kier alpha value is -1.94. The maximum atomic E-state index is 12.1. The van der Waals surface area contributed by atoms with Crippen molar-refractivity contribution < 1.29 is 8.98 Å². The Morgan fingerprint density at radius 2 is 1.12 bits per heavy atom. The van der Waals surface area contributed by atoms with Crippen molar-refractivity contribution in [3.05, 3.63) is 88.9 Å². The molecule has 0 bridgehead atoms. The second-order valence-electron chi connectivity index (χ2n) is 5.35. The van der Waals surface area contributed by atoms with E-state index in [0.29, 0.717) is 10.0 Å². The molecule has 0 aliphatic carbocycles. The van der Waals surface area contributed by atoms with Gasteiger partial charge < -0.3 is 4.18 Å². The van der Waals surface area contributed by atoms with Gasteiger partial charge in [-0.3, -0.25) is 4.79 Å². The maximum Gasteiger partial charge on any atom is 0.313 e. The van der Waals surface area contributed by atoms with Crippen LogP contribution in [0, 0.1) is 0 Å². The topological polar surface area (TPSA) is 26.3 Å². The second-order valence-corrected chi connectivity index (χ2v) is 8.92. The molecule has 0 N–H and O–H groups in total. The summed E-state index contributed by atoms with van der Waals surface area (Å²) in [4.78, 5) is 14.8. The van der Waals surface area contributed by atoms with Crippen LogP contribution in [-0.4, -0.2) is 5.97 Å². The zero-order valence-electron chi connectivity index (χ0n) is 13.5. The van der Waals surface area contributed by atoms with E-state index in [2.05, 4.69) is 0 Å². The van der Waals surface area contributed by atoms with Crippen LogP contribution in [-0.2, 0) is 8.98 Å². The Balaban J connectivity index is 2.32. The minimum absolute atomic E-state index is 0.344. The van der Waals surface area contributed by atoms with Crippen molar-refractivity contribution in [2.24, 2.45) is 0 Å². The molecule has 0 aliphatic rings. The van der Waals surface area contributed by atoms with Crippen molar-refractivity contribution in [2.45, 2.75) is 21.6 Å². The van der Waals surface area contributed by atoms with Gasteiger partial charge >= 0.3 is 5.97 Å². The zero-order chi connectivity index (χ0) is 17.9. The molecule has 0 heterocycles. The molecule has 3 aromatic rings. The van der Waals surface area contributed by atoms with Gasteiger partial charge in [-0.05, 0) is 71.0 Å². The third-order valence-electron chi connectivity index (χ3n) is 3.61. The van der Waals surface area contributed by atoms with Crippen LogP contribution >= 0.6 is 33.5 Å². The Morgan fingerprint density at radius 1 is 0.720 bits per heavy atom. The van der Waals surface area contributed by atoms with E-state index in [1.165, 1.54) is 6.92 Å². The number of hydrogen-bond donors (Lipinski definition) is 0. The van der Waals surface area contributed by atoms with Crippen molar-refractivity contribution >= 4 is 39.5 Å². The maximum absolute atomic E-state index is 12.1. The monoisotopic (exact) mass is 390 g/mol. The summed E-state index contributed by atoms with van der Waals surface area (Å²) in [6, 6.07) is 24.6. The van der Waals surface area contributed by atoms with Gasteiger partial charge in [0.1, 0.15) is 0 Å². The summed E-state index contributed by atoms with van der Waals surface area (Å²) in [5, 5.41) is 1.26. The lowest BCUT2D eigenvalue weighted by Gasteiger charge is -2.39. The summed E-state index contributed by atoms with van der Waals surface area (Å²) in [7, 11) is -2.23. The SMILES string of the molecule is CC(=O)OS(c1ccccc1)(c1ccc(Cl)cc1)c1ccc(Cl)cc1. The highest BCUT2D eigenvalue weighted by molar-refractivity contribution is 8.30. The molecular formula is C20H16Cl2O2S. The molecule has 3 rings (SSSR count). The lowest BCUT2D eigenvalue weighted by molar-refractivity contribution is -0.131. The number of carbonyl (C=O) groups excluding carboxylic acids is 1. The lowest BCUT2D eigenvalue weighted by atomic mass is 10.3. The highest BCUT2D eigenvalue weighted by Gasteiger charge is 2.34. The van der Waals surface area contributed by atoms with Crippen molar-refractivity contribution in [3.63, 3.8) is 0 Å². The third kappa shape index (κ3) is 3.69. The van der Waals surface area contributed by atoms with Crippen LogP contribution in [0.3, 0.4) is 0 Å². The molecule has 0 radical (unpaired) electrons. The molecule has 0 saturated heterocycles. The largest absolute Gasteiger partial charge is 0.402 e. The number of carbonyl (C=O) groups is 1. The molecule has 128 valence electrons.